The van der Waals surface area contributed by atoms with Gasteiger partial charge in [-0.2, -0.15) is 5.26 Å². The number of carbonyl (C=O) groups is 1. The van der Waals surface area contributed by atoms with E-state index in [4.69, 9.17) is 10.4 Å². The molecule has 0 aliphatic carbocycles. The molecule has 0 spiro atoms. The maximum atomic E-state index is 10.9. The molecule has 4 heteroatoms. The maximum Gasteiger partial charge on any atom is 0.309 e. The van der Waals surface area contributed by atoms with Crippen LogP contribution in [0, 0.1) is 16.7 Å². The highest BCUT2D eigenvalue weighted by atomic mass is 16.4. The lowest BCUT2D eigenvalue weighted by Gasteiger charge is -2.19. The zero-order valence-electron chi connectivity index (χ0n) is 10.0. The summed E-state index contributed by atoms with van der Waals surface area (Å²) < 4.78 is 0. The van der Waals surface area contributed by atoms with Crippen LogP contribution < -0.4 is 5.32 Å². The van der Waals surface area contributed by atoms with Crippen LogP contribution in [0.25, 0.3) is 0 Å². The highest BCUT2D eigenvalue weighted by Gasteiger charge is 2.26. The van der Waals surface area contributed by atoms with Gasteiger partial charge in [-0.1, -0.05) is 0 Å². The number of rotatable bonds is 5. The lowest BCUT2D eigenvalue weighted by atomic mass is 9.90. The predicted molar refractivity (Wildman–Crippen MR) is 65.7 cm³/mol. The molecule has 0 radical (unpaired) electrons. The van der Waals surface area contributed by atoms with Gasteiger partial charge in [0.2, 0.25) is 0 Å². The van der Waals surface area contributed by atoms with Crippen LogP contribution in [-0.4, -0.2) is 17.6 Å². The van der Waals surface area contributed by atoms with Crippen molar-refractivity contribution < 1.29 is 9.90 Å². The minimum atomic E-state index is -0.792. The molecular formula is C13H16N2O2. The highest BCUT2D eigenvalue weighted by Crippen LogP contribution is 2.20. The molecule has 4 nitrogen and oxygen atoms in total. The molecule has 90 valence electrons. The van der Waals surface area contributed by atoms with E-state index in [1.807, 2.05) is 18.2 Å². The highest BCUT2D eigenvalue weighted by molar-refractivity contribution is 5.73. The number of anilines is 1. The van der Waals surface area contributed by atoms with Gasteiger partial charge >= 0.3 is 5.97 Å². The molecule has 0 aliphatic rings. The van der Waals surface area contributed by atoms with Crippen molar-refractivity contribution in [2.45, 2.75) is 20.3 Å². The topological polar surface area (TPSA) is 73.1 Å². The van der Waals surface area contributed by atoms with Gasteiger partial charge in [0.15, 0.2) is 0 Å². The number of benzene rings is 1. The van der Waals surface area contributed by atoms with Crippen LogP contribution in [0.1, 0.15) is 25.8 Å². The zero-order valence-corrected chi connectivity index (χ0v) is 10.0. The fourth-order valence-corrected chi connectivity index (χ4v) is 1.29. The molecule has 2 N–H and O–H groups in total. The summed E-state index contributed by atoms with van der Waals surface area (Å²) in [5.41, 5.74) is 0.783. The first-order chi connectivity index (χ1) is 7.95. The van der Waals surface area contributed by atoms with E-state index in [0.717, 1.165) is 5.69 Å². The van der Waals surface area contributed by atoms with Gasteiger partial charge in [0.1, 0.15) is 0 Å². The van der Waals surface area contributed by atoms with Gasteiger partial charge in [-0.15, -0.1) is 0 Å². The molecular weight excluding hydrogens is 216 g/mol. The summed E-state index contributed by atoms with van der Waals surface area (Å²) in [5, 5.41) is 20.7. The van der Waals surface area contributed by atoms with Crippen molar-refractivity contribution in [2.24, 2.45) is 5.41 Å². The summed E-state index contributed by atoms with van der Waals surface area (Å²) in [7, 11) is 0. The number of nitrogens with one attached hydrogen (secondary N) is 1. The number of nitrogens with zero attached hydrogens (tertiary/aromatic N) is 1. The van der Waals surface area contributed by atoms with E-state index in [1.54, 1.807) is 26.0 Å². The van der Waals surface area contributed by atoms with E-state index in [9.17, 15) is 4.79 Å². The molecule has 0 heterocycles. The first-order valence-corrected chi connectivity index (χ1v) is 5.43. The average molecular weight is 232 g/mol. The van der Waals surface area contributed by atoms with Gasteiger partial charge < -0.3 is 10.4 Å². The van der Waals surface area contributed by atoms with Crippen LogP contribution in [0.3, 0.4) is 0 Å². The van der Waals surface area contributed by atoms with Gasteiger partial charge in [0.05, 0.1) is 17.0 Å². The SMILES string of the molecule is CC(C)(CCNc1ccc(C#N)cc1)C(=O)O. The molecule has 1 rings (SSSR count). The number of aliphatic carboxylic acids is 1. The quantitative estimate of drug-likeness (QED) is 0.817. The van der Waals surface area contributed by atoms with E-state index in [2.05, 4.69) is 5.32 Å². The van der Waals surface area contributed by atoms with Crippen molar-refractivity contribution in [2.75, 3.05) is 11.9 Å². The lowest BCUT2D eigenvalue weighted by molar-refractivity contribution is -0.147. The Balaban J connectivity index is 2.46. The van der Waals surface area contributed by atoms with Crippen molar-refractivity contribution in [1.82, 2.24) is 0 Å². The van der Waals surface area contributed by atoms with E-state index in [1.165, 1.54) is 0 Å². The van der Waals surface area contributed by atoms with Crippen LogP contribution in [-0.2, 0) is 4.79 Å². The third-order valence-corrected chi connectivity index (χ3v) is 2.67. The first-order valence-electron chi connectivity index (χ1n) is 5.43. The Morgan fingerprint density at radius 2 is 2.00 bits per heavy atom. The molecule has 0 fully saturated rings. The Bertz CT molecular complexity index is 430. The molecule has 0 atom stereocenters. The van der Waals surface area contributed by atoms with Crippen LogP contribution in [0.2, 0.25) is 0 Å². The molecule has 1 aromatic carbocycles. The van der Waals surface area contributed by atoms with Crippen molar-refractivity contribution >= 4 is 11.7 Å². The minimum absolute atomic E-state index is 0.544. The fraction of sp³-hybridized carbons (Fsp3) is 0.385. The standard InChI is InChI=1S/C13H16N2O2/c1-13(2,12(16)17)7-8-15-11-5-3-10(9-14)4-6-11/h3-6,15H,7-8H2,1-2H3,(H,16,17). The van der Waals surface area contributed by atoms with E-state index < -0.39 is 11.4 Å². The number of carboxylic acids is 1. The lowest BCUT2D eigenvalue weighted by Crippen LogP contribution is -2.26. The molecule has 0 bridgehead atoms. The number of hydrogen-bond donors (Lipinski definition) is 2. The summed E-state index contributed by atoms with van der Waals surface area (Å²) in [6, 6.07) is 9.12. The Morgan fingerprint density at radius 3 is 2.47 bits per heavy atom. The summed E-state index contributed by atoms with van der Waals surface area (Å²) in [4.78, 5) is 10.9. The number of carboxylic acid groups (broad SMARTS) is 1. The third kappa shape index (κ3) is 3.80. The van der Waals surface area contributed by atoms with Gasteiger partial charge in [0.25, 0.3) is 0 Å². The van der Waals surface area contributed by atoms with Gasteiger partial charge in [-0.25, -0.2) is 0 Å². The molecule has 0 amide bonds. The molecule has 0 saturated heterocycles. The van der Waals surface area contributed by atoms with Crippen LogP contribution in [0.5, 0.6) is 0 Å². The molecule has 0 saturated carbocycles. The normalized spacial score (nSPS) is 10.6. The Labute approximate surface area is 101 Å². The van der Waals surface area contributed by atoms with Crippen LogP contribution in [0.15, 0.2) is 24.3 Å². The van der Waals surface area contributed by atoms with Crippen molar-refractivity contribution in [1.29, 1.82) is 5.26 Å². The van der Waals surface area contributed by atoms with Crippen LogP contribution in [0.4, 0.5) is 5.69 Å². The second-order valence-electron chi connectivity index (χ2n) is 4.55. The summed E-state index contributed by atoms with van der Waals surface area (Å²) >= 11 is 0. The second kappa shape index (κ2) is 5.35. The number of nitriles is 1. The minimum Gasteiger partial charge on any atom is -0.481 e. The molecule has 17 heavy (non-hydrogen) atoms. The predicted octanol–water partition coefficient (Wildman–Crippen LogP) is 2.47. The zero-order chi connectivity index (χ0) is 12.9. The smallest absolute Gasteiger partial charge is 0.309 e. The molecule has 0 aliphatic heterocycles. The first kappa shape index (κ1) is 13.0. The second-order valence-corrected chi connectivity index (χ2v) is 4.55. The van der Waals surface area contributed by atoms with E-state index in [-0.39, 0.29) is 0 Å². The average Bonchev–Trinajstić information content (AvgIpc) is 2.29. The monoisotopic (exact) mass is 232 g/mol. The Hall–Kier alpha value is -2.02. The van der Waals surface area contributed by atoms with Gasteiger partial charge in [-0.3, -0.25) is 4.79 Å². The Kier molecular flexibility index (Phi) is 4.11. The molecule has 0 unspecified atom stereocenters. The summed E-state index contributed by atoms with van der Waals surface area (Å²) in [5.74, 6) is -0.792. The summed E-state index contributed by atoms with van der Waals surface area (Å²) in [6.45, 7) is 4.00. The maximum absolute atomic E-state index is 10.9. The molecule has 0 aromatic heterocycles. The third-order valence-electron chi connectivity index (χ3n) is 2.67. The van der Waals surface area contributed by atoms with E-state index >= 15 is 0 Å². The molecule has 1 aromatic rings. The largest absolute Gasteiger partial charge is 0.481 e. The number of hydrogen-bond acceptors (Lipinski definition) is 3. The van der Waals surface area contributed by atoms with Gasteiger partial charge in [0, 0.05) is 12.2 Å². The van der Waals surface area contributed by atoms with Crippen molar-refractivity contribution in [3.05, 3.63) is 29.8 Å². The summed E-state index contributed by atoms with van der Waals surface area (Å²) in [6.07, 6.45) is 0.544. The van der Waals surface area contributed by atoms with Gasteiger partial charge in [-0.05, 0) is 44.5 Å². The Morgan fingerprint density at radius 1 is 1.41 bits per heavy atom. The van der Waals surface area contributed by atoms with Crippen molar-refractivity contribution in [3.63, 3.8) is 0 Å². The fourth-order valence-electron chi connectivity index (χ4n) is 1.29. The van der Waals surface area contributed by atoms with Crippen LogP contribution >= 0.6 is 0 Å². The van der Waals surface area contributed by atoms with Crippen molar-refractivity contribution in [3.8, 4) is 6.07 Å². The van der Waals surface area contributed by atoms with E-state index in [0.29, 0.717) is 18.5 Å².